The van der Waals surface area contributed by atoms with E-state index in [0.29, 0.717) is 5.02 Å². The number of rotatable bonds is 4. The van der Waals surface area contributed by atoms with Crippen molar-refractivity contribution < 1.29 is 4.74 Å². The summed E-state index contributed by atoms with van der Waals surface area (Å²) in [6.45, 7) is 1.89. The predicted molar refractivity (Wildman–Crippen MR) is 121 cm³/mol. The van der Waals surface area contributed by atoms with E-state index in [-0.39, 0.29) is 18.4 Å². The minimum Gasteiger partial charge on any atom is -0.497 e. The number of nitrogens with two attached hydrogens (primary N) is 1. The summed E-state index contributed by atoms with van der Waals surface area (Å²) in [4.78, 5) is 13.4. The number of anilines is 2. The smallest absolute Gasteiger partial charge is 0.222 e. The highest BCUT2D eigenvalue weighted by Crippen LogP contribution is 2.27. The van der Waals surface area contributed by atoms with E-state index in [1.807, 2.05) is 48.5 Å². The molecule has 0 spiro atoms. The number of nitrogens with zero attached hydrogens (tertiary/aromatic N) is 4. The lowest BCUT2D eigenvalue weighted by atomic mass is 10.2. The summed E-state index contributed by atoms with van der Waals surface area (Å²) < 4.78 is 5.30. The minimum atomic E-state index is -0.444. The molecule has 0 bridgehead atoms. The van der Waals surface area contributed by atoms with Crippen LogP contribution in [0, 0.1) is 0 Å². The fourth-order valence-electron chi connectivity index (χ4n) is 3.44. The molecular weight excluding hydrogens is 411 g/mol. The molecule has 2 aromatic rings. The van der Waals surface area contributed by atoms with Crippen LogP contribution in [0.25, 0.3) is 0 Å². The number of nitrogens with one attached hydrogen (secondary N) is 1. The standard InChI is InChI=1S/C20H23ClN6O.ClH/c1-28-17-9-7-16(8-10-17)27-19(23-15-6-4-5-14(21)13-15)24-18(22)25-20(27)26-11-2-3-12-26;/h4-10,13,19,23H,2-3,11-12H2,1H3,(H2,22,24);1H. The van der Waals surface area contributed by atoms with Gasteiger partial charge in [0.2, 0.25) is 18.2 Å². The van der Waals surface area contributed by atoms with Crippen LogP contribution < -0.4 is 20.7 Å². The van der Waals surface area contributed by atoms with Crippen molar-refractivity contribution >= 4 is 47.3 Å². The van der Waals surface area contributed by atoms with Gasteiger partial charge in [0.1, 0.15) is 5.75 Å². The molecule has 2 aliphatic rings. The molecular formula is C20H24Cl2N6O. The van der Waals surface area contributed by atoms with E-state index in [0.717, 1.165) is 49.0 Å². The van der Waals surface area contributed by atoms with Crippen LogP contribution in [0.3, 0.4) is 0 Å². The van der Waals surface area contributed by atoms with Crippen LogP contribution in [0.1, 0.15) is 12.8 Å². The van der Waals surface area contributed by atoms with Gasteiger partial charge in [-0.3, -0.25) is 4.90 Å². The Kier molecular flexibility index (Phi) is 6.71. The number of ether oxygens (including phenoxy) is 1. The van der Waals surface area contributed by atoms with Crippen LogP contribution in [0.15, 0.2) is 58.5 Å². The van der Waals surface area contributed by atoms with Gasteiger partial charge in [0.25, 0.3) is 0 Å². The second-order valence-corrected chi connectivity index (χ2v) is 7.13. The van der Waals surface area contributed by atoms with Crippen LogP contribution in [0.4, 0.5) is 11.4 Å². The molecule has 2 aromatic carbocycles. The molecule has 154 valence electrons. The van der Waals surface area contributed by atoms with E-state index >= 15 is 0 Å². The van der Waals surface area contributed by atoms with Crippen molar-refractivity contribution in [2.75, 3.05) is 30.4 Å². The SMILES string of the molecule is COc1ccc(N2C(N3CCCC3)=NC(N)=NC2Nc2cccc(Cl)c2)cc1.Cl. The summed E-state index contributed by atoms with van der Waals surface area (Å²) in [6.07, 6.45) is 1.83. The molecule has 0 aromatic heterocycles. The zero-order valence-corrected chi connectivity index (χ0v) is 17.7. The zero-order valence-electron chi connectivity index (χ0n) is 16.1. The van der Waals surface area contributed by atoms with Gasteiger partial charge in [-0.15, -0.1) is 12.4 Å². The minimum absolute atomic E-state index is 0. The summed E-state index contributed by atoms with van der Waals surface area (Å²) in [5.74, 6) is 1.85. The van der Waals surface area contributed by atoms with Crippen molar-refractivity contribution in [1.29, 1.82) is 0 Å². The highest BCUT2D eigenvalue weighted by atomic mass is 35.5. The molecule has 1 atom stereocenters. The Hall–Kier alpha value is -2.64. The quantitative estimate of drug-likeness (QED) is 0.765. The van der Waals surface area contributed by atoms with Crippen LogP contribution in [-0.2, 0) is 0 Å². The normalized spacial score (nSPS) is 18.6. The van der Waals surface area contributed by atoms with Crippen molar-refractivity contribution in [1.82, 2.24) is 4.90 Å². The molecule has 0 radical (unpaired) electrons. The monoisotopic (exact) mass is 434 g/mol. The van der Waals surface area contributed by atoms with Gasteiger partial charge >= 0.3 is 0 Å². The van der Waals surface area contributed by atoms with Gasteiger partial charge in [0.15, 0.2) is 0 Å². The Balaban J connectivity index is 0.00000240. The largest absolute Gasteiger partial charge is 0.497 e. The average molecular weight is 435 g/mol. The van der Waals surface area contributed by atoms with E-state index < -0.39 is 6.29 Å². The number of guanidine groups is 2. The maximum Gasteiger partial charge on any atom is 0.222 e. The van der Waals surface area contributed by atoms with E-state index in [1.54, 1.807) is 7.11 Å². The molecule has 2 aliphatic heterocycles. The van der Waals surface area contributed by atoms with Crippen LogP contribution in [0.2, 0.25) is 5.02 Å². The van der Waals surface area contributed by atoms with Crippen LogP contribution >= 0.6 is 24.0 Å². The molecule has 0 aliphatic carbocycles. The molecule has 0 saturated carbocycles. The molecule has 9 heteroatoms. The van der Waals surface area contributed by atoms with Gasteiger partial charge < -0.3 is 20.7 Å². The van der Waals surface area contributed by atoms with Gasteiger partial charge in [0.05, 0.1) is 7.11 Å². The first-order valence-corrected chi connectivity index (χ1v) is 9.64. The summed E-state index contributed by atoms with van der Waals surface area (Å²) in [5, 5.41) is 4.07. The van der Waals surface area contributed by atoms with Crippen molar-refractivity contribution in [2.24, 2.45) is 15.7 Å². The molecule has 1 saturated heterocycles. The zero-order chi connectivity index (χ0) is 19.5. The number of aliphatic imine (C=N–C) groups is 2. The van der Waals surface area contributed by atoms with Gasteiger partial charge in [-0.05, 0) is 55.3 Å². The predicted octanol–water partition coefficient (Wildman–Crippen LogP) is 3.75. The second kappa shape index (κ2) is 9.24. The second-order valence-electron chi connectivity index (χ2n) is 6.69. The van der Waals surface area contributed by atoms with E-state index in [2.05, 4.69) is 25.1 Å². The summed E-state index contributed by atoms with van der Waals surface area (Å²) in [6, 6.07) is 15.4. The van der Waals surface area contributed by atoms with Gasteiger partial charge in [-0.2, -0.15) is 4.99 Å². The molecule has 1 unspecified atom stereocenters. The maximum atomic E-state index is 6.15. The molecule has 7 nitrogen and oxygen atoms in total. The molecule has 29 heavy (non-hydrogen) atoms. The Labute approximate surface area is 181 Å². The summed E-state index contributed by atoms with van der Waals surface area (Å²) >= 11 is 6.15. The first kappa shape index (κ1) is 21.1. The number of hydrogen-bond acceptors (Lipinski definition) is 7. The van der Waals surface area contributed by atoms with Crippen molar-refractivity contribution in [2.45, 2.75) is 19.1 Å². The molecule has 0 amide bonds. The Morgan fingerprint density at radius 1 is 1.14 bits per heavy atom. The lowest BCUT2D eigenvalue weighted by molar-refractivity contribution is 0.415. The molecule has 3 N–H and O–H groups in total. The highest BCUT2D eigenvalue weighted by molar-refractivity contribution is 6.30. The van der Waals surface area contributed by atoms with E-state index in [9.17, 15) is 0 Å². The Morgan fingerprint density at radius 3 is 2.52 bits per heavy atom. The van der Waals surface area contributed by atoms with Crippen molar-refractivity contribution in [3.63, 3.8) is 0 Å². The first-order valence-electron chi connectivity index (χ1n) is 9.26. The molecule has 2 heterocycles. The third-order valence-electron chi connectivity index (χ3n) is 4.79. The van der Waals surface area contributed by atoms with Gasteiger partial charge in [-0.25, -0.2) is 4.99 Å². The van der Waals surface area contributed by atoms with E-state index in [4.69, 9.17) is 22.1 Å². The van der Waals surface area contributed by atoms with Gasteiger partial charge in [-0.1, -0.05) is 17.7 Å². The van der Waals surface area contributed by atoms with Crippen LogP contribution in [0.5, 0.6) is 5.75 Å². The lowest BCUT2D eigenvalue weighted by Gasteiger charge is -2.38. The number of hydrogen-bond donors (Lipinski definition) is 2. The van der Waals surface area contributed by atoms with Crippen molar-refractivity contribution in [3.8, 4) is 5.75 Å². The fourth-order valence-corrected chi connectivity index (χ4v) is 3.63. The maximum absolute atomic E-state index is 6.15. The van der Waals surface area contributed by atoms with Crippen molar-refractivity contribution in [3.05, 3.63) is 53.6 Å². The number of benzene rings is 2. The molecule has 4 rings (SSSR count). The van der Waals surface area contributed by atoms with Gasteiger partial charge in [0, 0.05) is 29.5 Å². The summed E-state index contributed by atoms with van der Waals surface area (Å²) in [7, 11) is 1.65. The van der Waals surface area contributed by atoms with Crippen LogP contribution in [-0.4, -0.2) is 43.3 Å². The average Bonchev–Trinajstić information content (AvgIpc) is 3.22. The first-order chi connectivity index (χ1) is 13.6. The Bertz CT molecular complexity index is 896. The summed E-state index contributed by atoms with van der Waals surface area (Å²) in [5.41, 5.74) is 7.88. The number of halogens is 2. The third kappa shape index (κ3) is 4.68. The number of methoxy groups -OCH3 is 1. The van der Waals surface area contributed by atoms with E-state index in [1.165, 1.54) is 0 Å². The Morgan fingerprint density at radius 2 is 1.86 bits per heavy atom. The lowest BCUT2D eigenvalue weighted by Crippen LogP contribution is -2.54. The third-order valence-corrected chi connectivity index (χ3v) is 5.02. The fraction of sp³-hybridized carbons (Fsp3) is 0.300. The number of likely N-dealkylation sites (tertiary alicyclic amines) is 1. The highest BCUT2D eigenvalue weighted by Gasteiger charge is 2.32. The topological polar surface area (TPSA) is 78.5 Å². The molecule has 1 fully saturated rings.